The van der Waals surface area contributed by atoms with Crippen molar-refractivity contribution in [2.45, 2.75) is 46.2 Å². The molecule has 0 radical (unpaired) electrons. The molecule has 0 fully saturated rings. The molecule has 0 aromatic carbocycles. The van der Waals surface area contributed by atoms with Crippen LogP contribution in [0.5, 0.6) is 0 Å². The lowest BCUT2D eigenvalue weighted by atomic mass is 10.0. The molecule has 2 amide bonds. The maximum absolute atomic E-state index is 12.2. The largest absolute Gasteiger partial charge is 0.480 e. The van der Waals surface area contributed by atoms with Gasteiger partial charge < -0.3 is 20.5 Å². The Morgan fingerprint density at radius 3 is 2.18 bits per heavy atom. The van der Waals surface area contributed by atoms with E-state index in [1.165, 1.54) is 6.08 Å². The molecule has 0 aromatic rings. The zero-order valence-corrected chi connectivity index (χ0v) is 13.6. The zero-order chi connectivity index (χ0) is 17.3. The van der Waals surface area contributed by atoms with E-state index >= 15 is 0 Å². The summed E-state index contributed by atoms with van der Waals surface area (Å²) in [6.07, 6.45) is 1.05. The third-order valence-electron chi connectivity index (χ3n) is 2.88. The first-order valence-corrected chi connectivity index (χ1v) is 7.26. The van der Waals surface area contributed by atoms with Gasteiger partial charge in [-0.05, 0) is 18.3 Å². The maximum atomic E-state index is 12.2. The Morgan fingerprint density at radius 2 is 1.77 bits per heavy atom. The minimum Gasteiger partial charge on any atom is -0.480 e. The van der Waals surface area contributed by atoms with Gasteiger partial charge in [0.25, 0.3) is 0 Å². The highest BCUT2D eigenvalue weighted by molar-refractivity contribution is 5.89. The fourth-order valence-electron chi connectivity index (χ4n) is 1.79. The Hall–Kier alpha value is -2.05. The van der Waals surface area contributed by atoms with Gasteiger partial charge in [-0.1, -0.05) is 40.3 Å². The lowest BCUT2D eigenvalue weighted by molar-refractivity contribution is -0.143. The van der Waals surface area contributed by atoms with E-state index in [0.717, 1.165) is 0 Å². The number of alkyl carbamates (subject to hydrolysis) is 1. The van der Waals surface area contributed by atoms with E-state index in [4.69, 9.17) is 9.84 Å². The molecule has 126 valence electrons. The summed E-state index contributed by atoms with van der Waals surface area (Å²) < 4.78 is 4.79. The van der Waals surface area contributed by atoms with Crippen molar-refractivity contribution in [2.24, 2.45) is 11.8 Å². The maximum Gasteiger partial charge on any atom is 0.408 e. The Morgan fingerprint density at radius 1 is 1.18 bits per heavy atom. The summed E-state index contributed by atoms with van der Waals surface area (Å²) in [7, 11) is 0. The van der Waals surface area contributed by atoms with Crippen LogP contribution in [0.25, 0.3) is 0 Å². The molecule has 0 aliphatic heterocycles. The van der Waals surface area contributed by atoms with Crippen molar-refractivity contribution < 1.29 is 24.2 Å². The average Bonchev–Trinajstić information content (AvgIpc) is 2.40. The van der Waals surface area contributed by atoms with E-state index in [1.54, 1.807) is 13.8 Å². The van der Waals surface area contributed by atoms with Gasteiger partial charge in [-0.3, -0.25) is 4.79 Å². The van der Waals surface area contributed by atoms with Crippen molar-refractivity contribution in [3.05, 3.63) is 12.7 Å². The molecule has 0 heterocycles. The molecule has 0 aromatic heterocycles. The molecule has 0 spiro atoms. The van der Waals surface area contributed by atoms with Gasteiger partial charge in [0.2, 0.25) is 5.91 Å². The van der Waals surface area contributed by atoms with Crippen LogP contribution in [-0.4, -0.2) is 41.8 Å². The van der Waals surface area contributed by atoms with Crippen molar-refractivity contribution in [1.29, 1.82) is 0 Å². The molecule has 2 atom stereocenters. The first kappa shape index (κ1) is 19.9. The number of hydrogen-bond donors (Lipinski definition) is 3. The van der Waals surface area contributed by atoms with Crippen molar-refractivity contribution in [3.63, 3.8) is 0 Å². The highest BCUT2D eigenvalue weighted by Gasteiger charge is 2.29. The fourth-order valence-corrected chi connectivity index (χ4v) is 1.79. The summed E-state index contributed by atoms with van der Waals surface area (Å²) in [4.78, 5) is 35.0. The van der Waals surface area contributed by atoms with Gasteiger partial charge in [-0.25, -0.2) is 9.59 Å². The molecule has 0 aliphatic carbocycles. The number of hydrogen-bond acceptors (Lipinski definition) is 4. The predicted molar refractivity (Wildman–Crippen MR) is 82.3 cm³/mol. The van der Waals surface area contributed by atoms with Crippen LogP contribution in [0.3, 0.4) is 0 Å². The number of rotatable bonds is 9. The second-order valence-electron chi connectivity index (χ2n) is 5.78. The summed E-state index contributed by atoms with van der Waals surface area (Å²) in [5.41, 5.74) is 0. The SMILES string of the molecule is C=CCOC(=O)N[C@@H](CC(C)C)C(=O)N[C@@H](C(=O)O)C(C)C. The molecule has 0 rings (SSSR count). The van der Waals surface area contributed by atoms with E-state index in [0.29, 0.717) is 6.42 Å². The molecule has 0 saturated heterocycles. The molecule has 7 heteroatoms. The lowest BCUT2D eigenvalue weighted by Crippen LogP contribution is -2.53. The highest BCUT2D eigenvalue weighted by Crippen LogP contribution is 2.08. The highest BCUT2D eigenvalue weighted by atomic mass is 16.5. The van der Waals surface area contributed by atoms with Crippen molar-refractivity contribution in [3.8, 4) is 0 Å². The van der Waals surface area contributed by atoms with E-state index < -0.39 is 30.1 Å². The summed E-state index contributed by atoms with van der Waals surface area (Å²) >= 11 is 0. The van der Waals surface area contributed by atoms with Crippen LogP contribution in [0.4, 0.5) is 4.79 Å². The quantitative estimate of drug-likeness (QED) is 0.560. The Bertz CT molecular complexity index is 407. The van der Waals surface area contributed by atoms with E-state index in [-0.39, 0.29) is 18.4 Å². The Labute approximate surface area is 131 Å². The number of carboxylic acid groups (broad SMARTS) is 1. The standard InChI is InChI=1S/C15H26N2O5/c1-6-7-22-15(21)16-11(8-9(2)3)13(18)17-12(10(4)5)14(19)20/h6,9-12H,1,7-8H2,2-5H3,(H,16,21)(H,17,18)(H,19,20)/t11-,12+/m0/s1. The van der Waals surface area contributed by atoms with Crippen molar-refractivity contribution in [1.82, 2.24) is 10.6 Å². The number of nitrogens with one attached hydrogen (secondary N) is 2. The molecule has 0 bridgehead atoms. The number of carbonyl (C=O) groups is 3. The van der Waals surface area contributed by atoms with Gasteiger partial charge in [0.15, 0.2) is 0 Å². The van der Waals surface area contributed by atoms with Crippen LogP contribution in [0, 0.1) is 11.8 Å². The van der Waals surface area contributed by atoms with Gasteiger partial charge in [0.1, 0.15) is 18.7 Å². The van der Waals surface area contributed by atoms with Crippen molar-refractivity contribution in [2.75, 3.05) is 6.61 Å². The lowest BCUT2D eigenvalue weighted by Gasteiger charge is -2.24. The van der Waals surface area contributed by atoms with Gasteiger partial charge in [0, 0.05) is 0 Å². The molecule has 3 N–H and O–H groups in total. The zero-order valence-electron chi connectivity index (χ0n) is 13.6. The number of carbonyl (C=O) groups excluding carboxylic acids is 2. The topological polar surface area (TPSA) is 105 Å². The minimum atomic E-state index is -1.11. The summed E-state index contributed by atoms with van der Waals surface area (Å²) in [5, 5.41) is 14.0. The second kappa shape index (κ2) is 9.81. The van der Waals surface area contributed by atoms with Gasteiger partial charge in [-0.15, -0.1) is 0 Å². The number of aliphatic carboxylic acids is 1. The van der Waals surface area contributed by atoms with E-state index in [2.05, 4.69) is 17.2 Å². The molecule has 0 saturated carbocycles. The number of ether oxygens (including phenoxy) is 1. The number of amides is 2. The number of carboxylic acids is 1. The third-order valence-corrected chi connectivity index (χ3v) is 2.88. The second-order valence-corrected chi connectivity index (χ2v) is 5.78. The van der Waals surface area contributed by atoms with E-state index in [9.17, 15) is 14.4 Å². The average molecular weight is 314 g/mol. The van der Waals surface area contributed by atoms with Gasteiger partial charge in [-0.2, -0.15) is 0 Å². The van der Waals surface area contributed by atoms with Crippen LogP contribution in [0.1, 0.15) is 34.1 Å². The normalized spacial score (nSPS) is 13.4. The minimum absolute atomic E-state index is 0.0333. The van der Waals surface area contributed by atoms with Gasteiger partial charge in [0.05, 0.1) is 0 Å². The van der Waals surface area contributed by atoms with Crippen LogP contribution in [-0.2, 0) is 14.3 Å². The fraction of sp³-hybridized carbons (Fsp3) is 0.667. The Kier molecular flexibility index (Phi) is 8.89. The Balaban J connectivity index is 4.85. The molecule has 0 unspecified atom stereocenters. The predicted octanol–water partition coefficient (Wildman–Crippen LogP) is 1.54. The first-order chi connectivity index (χ1) is 10.2. The van der Waals surface area contributed by atoms with Crippen molar-refractivity contribution >= 4 is 18.0 Å². The molecular formula is C15H26N2O5. The molecule has 7 nitrogen and oxygen atoms in total. The van der Waals surface area contributed by atoms with Crippen LogP contribution >= 0.6 is 0 Å². The molecule has 0 aliphatic rings. The molecular weight excluding hydrogens is 288 g/mol. The van der Waals surface area contributed by atoms with Crippen LogP contribution in [0.15, 0.2) is 12.7 Å². The monoisotopic (exact) mass is 314 g/mol. The summed E-state index contributed by atoms with van der Waals surface area (Å²) in [6.45, 7) is 10.6. The van der Waals surface area contributed by atoms with E-state index in [1.807, 2.05) is 13.8 Å². The molecule has 22 heavy (non-hydrogen) atoms. The smallest absolute Gasteiger partial charge is 0.408 e. The van der Waals surface area contributed by atoms with Gasteiger partial charge >= 0.3 is 12.1 Å². The van der Waals surface area contributed by atoms with Crippen LogP contribution in [0.2, 0.25) is 0 Å². The first-order valence-electron chi connectivity index (χ1n) is 7.26. The summed E-state index contributed by atoms with van der Waals surface area (Å²) in [6, 6.07) is -1.86. The van der Waals surface area contributed by atoms with Crippen LogP contribution < -0.4 is 10.6 Å². The third kappa shape index (κ3) is 7.66. The summed E-state index contributed by atoms with van der Waals surface area (Å²) in [5.74, 6) is -1.78.